The Morgan fingerprint density at radius 1 is 1.10 bits per heavy atom. The van der Waals surface area contributed by atoms with E-state index < -0.39 is 35.7 Å². The molecule has 0 radical (unpaired) electrons. The van der Waals surface area contributed by atoms with Gasteiger partial charge in [-0.15, -0.1) is 0 Å². The number of rotatable bonds is 7. The van der Waals surface area contributed by atoms with Gasteiger partial charge in [0.1, 0.15) is 29.5 Å². The van der Waals surface area contributed by atoms with Crippen LogP contribution in [0.1, 0.15) is 38.8 Å². The zero-order valence-corrected chi connectivity index (χ0v) is 23.9. The minimum Gasteiger partial charge on any atom is -0.465 e. The van der Waals surface area contributed by atoms with Crippen LogP contribution in [0.5, 0.6) is 11.5 Å². The molecular weight excluding hydrogens is 549 g/mol. The molecular formula is C31H33ClFN3O5. The lowest BCUT2D eigenvalue weighted by atomic mass is 9.99. The molecule has 0 unspecified atom stereocenters. The summed E-state index contributed by atoms with van der Waals surface area (Å²) in [7, 11) is 0. The molecule has 10 heteroatoms. The van der Waals surface area contributed by atoms with Crippen LogP contribution in [-0.4, -0.2) is 64.4 Å². The van der Waals surface area contributed by atoms with E-state index in [4.69, 9.17) is 21.1 Å². The summed E-state index contributed by atoms with van der Waals surface area (Å²) in [6.07, 6.45) is -1.41. The van der Waals surface area contributed by atoms with Crippen LogP contribution >= 0.6 is 11.6 Å². The van der Waals surface area contributed by atoms with E-state index in [0.717, 1.165) is 0 Å². The van der Waals surface area contributed by atoms with Crippen LogP contribution in [-0.2, 0) is 4.74 Å². The van der Waals surface area contributed by atoms with Crippen LogP contribution in [0, 0.1) is 5.82 Å². The Hall–Kier alpha value is -3.82. The van der Waals surface area contributed by atoms with Gasteiger partial charge in [-0.3, -0.25) is 14.7 Å². The normalized spacial score (nSPS) is 21.1. The van der Waals surface area contributed by atoms with Crippen molar-refractivity contribution in [2.75, 3.05) is 24.5 Å². The van der Waals surface area contributed by atoms with Gasteiger partial charge in [-0.1, -0.05) is 23.7 Å². The maximum absolute atomic E-state index is 14.4. The lowest BCUT2D eigenvalue weighted by Crippen LogP contribution is -2.52. The molecule has 2 aliphatic heterocycles. The maximum atomic E-state index is 14.4. The van der Waals surface area contributed by atoms with Crippen molar-refractivity contribution >= 4 is 29.5 Å². The molecule has 5 rings (SSSR count). The molecule has 2 heterocycles. The van der Waals surface area contributed by atoms with Gasteiger partial charge in [0.25, 0.3) is 0 Å². The van der Waals surface area contributed by atoms with E-state index >= 15 is 0 Å². The molecule has 0 bridgehead atoms. The molecule has 2 aliphatic rings. The van der Waals surface area contributed by atoms with E-state index in [-0.39, 0.29) is 6.04 Å². The highest BCUT2D eigenvalue weighted by Crippen LogP contribution is 2.39. The summed E-state index contributed by atoms with van der Waals surface area (Å²) in [5.74, 6) is 0.792. The molecule has 1 N–H and O–H groups in total. The Morgan fingerprint density at radius 2 is 1.76 bits per heavy atom. The van der Waals surface area contributed by atoms with Crippen molar-refractivity contribution < 1.29 is 28.6 Å². The number of hydrogen-bond donors (Lipinski definition) is 1. The molecule has 0 aromatic heterocycles. The second kappa shape index (κ2) is 11.6. The summed E-state index contributed by atoms with van der Waals surface area (Å²) in [6.45, 7) is 7.20. The van der Waals surface area contributed by atoms with E-state index in [1.54, 1.807) is 60.7 Å². The smallest absolute Gasteiger partial charge is 0.415 e. The Balaban J connectivity index is 1.37. The summed E-state index contributed by atoms with van der Waals surface area (Å²) in [6, 6.07) is 19.5. The summed E-state index contributed by atoms with van der Waals surface area (Å²) < 4.78 is 26.1. The number of nitrogens with zero attached hydrogens (tertiary/aromatic N) is 3. The number of amides is 2. The SMILES string of the molecule is CC(C)(C)N(C(=O)O)[C@@H]1CCN(C[C@@H]2OC(=O)N(c3ccc(Oc4ccc(Cl)cc4)cc3)[C@H]2c2cccc(F)c2)C1. The van der Waals surface area contributed by atoms with Crippen molar-refractivity contribution in [1.82, 2.24) is 9.80 Å². The second-order valence-corrected chi connectivity index (χ2v) is 11.8. The zero-order chi connectivity index (χ0) is 29.3. The van der Waals surface area contributed by atoms with Gasteiger partial charge in [-0.25, -0.2) is 14.0 Å². The van der Waals surface area contributed by atoms with Crippen molar-refractivity contribution in [1.29, 1.82) is 0 Å². The van der Waals surface area contributed by atoms with Gasteiger partial charge in [0.05, 0.1) is 0 Å². The zero-order valence-electron chi connectivity index (χ0n) is 23.2. The summed E-state index contributed by atoms with van der Waals surface area (Å²) >= 11 is 5.96. The number of carbonyl (C=O) groups is 2. The van der Waals surface area contributed by atoms with Crippen LogP contribution in [0.4, 0.5) is 19.7 Å². The summed E-state index contributed by atoms with van der Waals surface area (Å²) in [4.78, 5) is 30.5. The van der Waals surface area contributed by atoms with Crippen molar-refractivity contribution in [3.05, 3.63) is 89.2 Å². The van der Waals surface area contributed by atoms with Gasteiger partial charge < -0.3 is 14.6 Å². The number of benzene rings is 3. The highest BCUT2D eigenvalue weighted by molar-refractivity contribution is 6.30. The van der Waals surface area contributed by atoms with Crippen molar-refractivity contribution in [2.45, 2.75) is 50.9 Å². The topological polar surface area (TPSA) is 82.6 Å². The largest absolute Gasteiger partial charge is 0.465 e. The predicted molar refractivity (Wildman–Crippen MR) is 154 cm³/mol. The van der Waals surface area contributed by atoms with Crippen molar-refractivity contribution in [3.8, 4) is 11.5 Å². The molecule has 8 nitrogen and oxygen atoms in total. The van der Waals surface area contributed by atoms with Gasteiger partial charge in [-0.05, 0) is 93.4 Å². The number of carboxylic acid groups (broad SMARTS) is 1. The highest BCUT2D eigenvalue weighted by atomic mass is 35.5. The number of halogens is 2. The summed E-state index contributed by atoms with van der Waals surface area (Å²) in [5, 5.41) is 10.5. The van der Waals surface area contributed by atoms with E-state index in [1.165, 1.54) is 21.9 Å². The molecule has 2 amide bonds. The Morgan fingerprint density at radius 3 is 2.37 bits per heavy atom. The third kappa shape index (κ3) is 6.41. The van der Waals surface area contributed by atoms with Gasteiger partial charge in [0, 0.05) is 41.9 Å². The number of anilines is 1. The molecule has 0 spiro atoms. The van der Waals surface area contributed by atoms with E-state index in [0.29, 0.717) is 53.8 Å². The number of likely N-dealkylation sites (tertiary alicyclic amines) is 1. The fourth-order valence-electron chi connectivity index (χ4n) is 5.74. The Bertz CT molecular complexity index is 1400. The van der Waals surface area contributed by atoms with Crippen LogP contribution in [0.15, 0.2) is 72.8 Å². The maximum Gasteiger partial charge on any atom is 0.415 e. The molecule has 0 aliphatic carbocycles. The lowest BCUT2D eigenvalue weighted by Gasteiger charge is -2.38. The number of cyclic esters (lactones) is 1. The average Bonchev–Trinajstić information content (AvgIpc) is 3.48. The first-order valence-corrected chi connectivity index (χ1v) is 13.9. The molecule has 3 aromatic rings. The van der Waals surface area contributed by atoms with E-state index in [9.17, 15) is 19.1 Å². The molecule has 3 atom stereocenters. The highest BCUT2D eigenvalue weighted by Gasteiger charge is 2.46. The number of carbonyl (C=O) groups excluding carboxylic acids is 1. The average molecular weight is 582 g/mol. The quantitative estimate of drug-likeness (QED) is 0.318. The fraction of sp³-hybridized carbons (Fsp3) is 0.355. The molecule has 216 valence electrons. The van der Waals surface area contributed by atoms with E-state index in [2.05, 4.69) is 4.90 Å². The summed E-state index contributed by atoms with van der Waals surface area (Å²) in [5.41, 5.74) is 0.649. The third-order valence-electron chi connectivity index (χ3n) is 7.41. The number of ether oxygens (including phenoxy) is 2. The standard InChI is InChI=1S/C31H33ClFN3O5/c1-31(2,3)36(29(37)38)24-15-16-34(18-24)19-27-28(20-5-4-6-22(33)17-20)35(30(39)41-27)23-9-13-26(14-10-23)40-25-11-7-21(32)8-12-25/h4-14,17,24,27-28H,15-16,18-19H2,1-3H3,(H,37,38)/t24-,27+,28+/m1/s1. The van der Waals surface area contributed by atoms with Gasteiger partial charge >= 0.3 is 12.2 Å². The first-order chi connectivity index (χ1) is 19.5. The Labute approximate surface area is 243 Å². The molecule has 2 saturated heterocycles. The molecule has 0 saturated carbocycles. The number of hydrogen-bond acceptors (Lipinski definition) is 5. The van der Waals surface area contributed by atoms with Crippen molar-refractivity contribution in [2.24, 2.45) is 0 Å². The monoisotopic (exact) mass is 581 g/mol. The Kier molecular flexibility index (Phi) is 8.11. The first kappa shape index (κ1) is 28.7. The minimum atomic E-state index is -0.955. The van der Waals surface area contributed by atoms with Crippen molar-refractivity contribution in [3.63, 3.8) is 0 Å². The van der Waals surface area contributed by atoms with E-state index in [1.807, 2.05) is 20.8 Å². The van der Waals surface area contributed by atoms with Gasteiger partial charge in [-0.2, -0.15) is 0 Å². The predicted octanol–water partition coefficient (Wildman–Crippen LogP) is 7.19. The van der Waals surface area contributed by atoms with Crippen LogP contribution in [0.3, 0.4) is 0 Å². The molecule has 41 heavy (non-hydrogen) atoms. The first-order valence-electron chi connectivity index (χ1n) is 13.5. The second-order valence-electron chi connectivity index (χ2n) is 11.4. The van der Waals surface area contributed by atoms with Crippen LogP contribution in [0.25, 0.3) is 0 Å². The molecule has 2 fully saturated rings. The van der Waals surface area contributed by atoms with Gasteiger partial charge in [0.15, 0.2) is 0 Å². The third-order valence-corrected chi connectivity index (χ3v) is 7.67. The lowest BCUT2D eigenvalue weighted by molar-refractivity contribution is 0.0678. The van der Waals surface area contributed by atoms with Gasteiger partial charge in [0.2, 0.25) is 0 Å². The van der Waals surface area contributed by atoms with Crippen LogP contribution < -0.4 is 9.64 Å². The minimum absolute atomic E-state index is 0.179. The van der Waals surface area contributed by atoms with Crippen LogP contribution in [0.2, 0.25) is 5.02 Å². The molecule has 3 aromatic carbocycles. The fourth-order valence-corrected chi connectivity index (χ4v) is 5.86.